The zero-order chi connectivity index (χ0) is 14.6. The molecule has 4 N–H and O–H groups in total. The van der Waals surface area contributed by atoms with Crippen LogP contribution in [0.25, 0.3) is 0 Å². The van der Waals surface area contributed by atoms with E-state index >= 15 is 0 Å². The lowest BCUT2D eigenvalue weighted by atomic mass is 9.63. The Balaban J connectivity index is 2.28. The maximum atomic E-state index is 9.81. The van der Waals surface area contributed by atoms with E-state index in [1.807, 2.05) is 0 Å². The third-order valence-electron chi connectivity index (χ3n) is 4.70. The molecule has 1 saturated heterocycles. The van der Waals surface area contributed by atoms with Crippen LogP contribution in [0.5, 0.6) is 0 Å². The Morgan fingerprint density at radius 3 is 2.55 bits per heavy atom. The quantitative estimate of drug-likeness (QED) is 0.860. The molecule has 0 aromatic heterocycles. The van der Waals surface area contributed by atoms with E-state index in [0.29, 0.717) is 0 Å². The molecule has 3 nitrogen and oxygen atoms in total. The minimum Gasteiger partial charge on any atom is -0.396 e. The van der Waals surface area contributed by atoms with E-state index in [1.165, 1.54) is 5.56 Å². The van der Waals surface area contributed by atoms with Crippen molar-refractivity contribution in [2.24, 2.45) is 11.3 Å². The SMILES string of the molecule is CC1(C)C[C@](Cc2ccccc2)([C@@H](C[NH3+])CO)CCO1. The fraction of sp³-hybridized carbons (Fsp3) is 0.647. The van der Waals surface area contributed by atoms with Crippen LogP contribution in [-0.2, 0) is 11.2 Å². The van der Waals surface area contributed by atoms with Crippen molar-refractivity contribution in [2.45, 2.75) is 38.7 Å². The average Bonchev–Trinajstić information content (AvgIpc) is 2.40. The first-order chi connectivity index (χ1) is 9.51. The van der Waals surface area contributed by atoms with Gasteiger partial charge in [-0.2, -0.15) is 0 Å². The van der Waals surface area contributed by atoms with Gasteiger partial charge in [-0.25, -0.2) is 0 Å². The fourth-order valence-electron chi connectivity index (χ4n) is 3.76. The van der Waals surface area contributed by atoms with Crippen LogP contribution in [0.3, 0.4) is 0 Å². The van der Waals surface area contributed by atoms with Gasteiger partial charge in [0, 0.05) is 12.5 Å². The number of benzene rings is 1. The summed E-state index contributed by atoms with van der Waals surface area (Å²) in [5.41, 5.74) is 5.39. The first-order valence-corrected chi connectivity index (χ1v) is 7.59. The predicted molar refractivity (Wildman–Crippen MR) is 80.2 cm³/mol. The monoisotopic (exact) mass is 278 g/mol. The highest BCUT2D eigenvalue weighted by atomic mass is 16.5. The molecule has 0 spiro atoms. The van der Waals surface area contributed by atoms with E-state index in [-0.39, 0.29) is 23.5 Å². The molecule has 20 heavy (non-hydrogen) atoms. The zero-order valence-electron chi connectivity index (χ0n) is 12.8. The van der Waals surface area contributed by atoms with Gasteiger partial charge >= 0.3 is 0 Å². The largest absolute Gasteiger partial charge is 0.396 e. The molecule has 1 aliphatic rings. The highest BCUT2D eigenvalue weighted by Crippen LogP contribution is 2.46. The topological polar surface area (TPSA) is 57.1 Å². The molecular weight excluding hydrogens is 250 g/mol. The van der Waals surface area contributed by atoms with Crippen LogP contribution in [0, 0.1) is 11.3 Å². The lowest BCUT2D eigenvalue weighted by molar-refractivity contribution is -0.389. The highest BCUT2D eigenvalue weighted by Gasteiger charge is 2.46. The summed E-state index contributed by atoms with van der Waals surface area (Å²) in [5.74, 6) is 0.242. The second-order valence-electron chi connectivity index (χ2n) is 6.73. The summed E-state index contributed by atoms with van der Waals surface area (Å²) in [4.78, 5) is 0. The van der Waals surface area contributed by atoms with Crippen molar-refractivity contribution in [3.05, 3.63) is 35.9 Å². The van der Waals surface area contributed by atoms with Crippen molar-refractivity contribution in [2.75, 3.05) is 19.8 Å². The summed E-state index contributed by atoms with van der Waals surface area (Å²) < 4.78 is 5.90. The number of quaternary nitrogens is 1. The maximum absolute atomic E-state index is 9.81. The summed E-state index contributed by atoms with van der Waals surface area (Å²) in [7, 11) is 0. The minimum atomic E-state index is -0.115. The molecule has 2 rings (SSSR count). The van der Waals surface area contributed by atoms with Gasteiger partial charge < -0.3 is 15.6 Å². The first-order valence-electron chi connectivity index (χ1n) is 7.59. The third kappa shape index (κ3) is 3.40. The number of aliphatic hydroxyl groups excluding tert-OH is 1. The summed E-state index contributed by atoms with van der Waals surface area (Å²) >= 11 is 0. The van der Waals surface area contributed by atoms with Crippen LogP contribution in [-0.4, -0.2) is 30.5 Å². The molecule has 0 saturated carbocycles. The molecule has 1 aromatic rings. The van der Waals surface area contributed by atoms with Crippen molar-refractivity contribution in [1.82, 2.24) is 0 Å². The van der Waals surface area contributed by atoms with Gasteiger partial charge in [0.1, 0.15) is 0 Å². The standard InChI is InChI=1S/C17H27NO2/c1-16(2)13-17(8-9-20-16,15(11-18)12-19)10-14-6-4-3-5-7-14/h3-7,15,19H,8-13,18H2,1-2H3/p+1/t15-,17-/m0/s1. The van der Waals surface area contributed by atoms with E-state index in [0.717, 1.165) is 32.4 Å². The molecule has 0 aliphatic carbocycles. The Kier molecular flexibility index (Phi) is 4.84. The van der Waals surface area contributed by atoms with Crippen LogP contribution in [0.15, 0.2) is 30.3 Å². The van der Waals surface area contributed by atoms with Gasteiger partial charge in [-0.1, -0.05) is 30.3 Å². The number of rotatable bonds is 5. The van der Waals surface area contributed by atoms with Crippen molar-refractivity contribution in [3.8, 4) is 0 Å². The van der Waals surface area contributed by atoms with Gasteiger partial charge in [0.15, 0.2) is 0 Å². The van der Waals surface area contributed by atoms with E-state index in [4.69, 9.17) is 4.74 Å². The third-order valence-corrected chi connectivity index (χ3v) is 4.70. The second-order valence-corrected chi connectivity index (χ2v) is 6.73. The van der Waals surface area contributed by atoms with Gasteiger partial charge in [0.05, 0.1) is 18.8 Å². The predicted octanol–water partition coefficient (Wildman–Crippen LogP) is 1.65. The molecule has 0 unspecified atom stereocenters. The summed E-state index contributed by atoms with van der Waals surface area (Å²) in [5, 5.41) is 9.81. The molecule has 3 heteroatoms. The molecule has 0 radical (unpaired) electrons. The summed E-state index contributed by atoms with van der Waals surface area (Å²) in [6, 6.07) is 10.6. The lowest BCUT2D eigenvalue weighted by Gasteiger charge is -2.48. The van der Waals surface area contributed by atoms with Gasteiger partial charge in [-0.3, -0.25) is 0 Å². The molecular formula is C17H28NO2+. The van der Waals surface area contributed by atoms with Gasteiger partial charge in [0.25, 0.3) is 0 Å². The van der Waals surface area contributed by atoms with Crippen LogP contribution in [0.1, 0.15) is 32.3 Å². The molecule has 1 heterocycles. The zero-order valence-corrected chi connectivity index (χ0v) is 12.8. The molecule has 0 amide bonds. The van der Waals surface area contributed by atoms with Gasteiger partial charge in [-0.05, 0) is 44.1 Å². The second kappa shape index (κ2) is 6.25. The Labute approximate surface area is 122 Å². The van der Waals surface area contributed by atoms with E-state index in [1.54, 1.807) is 0 Å². The van der Waals surface area contributed by atoms with Crippen molar-refractivity contribution >= 4 is 0 Å². The van der Waals surface area contributed by atoms with Crippen molar-refractivity contribution in [3.63, 3.8) is 0 Å². The first kappa shape index (κ1) is 15.5. The Morgan fingerprint density at radius 2 is 2.00 bits per heavy atom. The number of ether oxygens (including phenoxy) is 1. The molecule has 0 bridgehead atoms. The summed E-state index contributed by atoms with van der Waals surface area (Å²) in [6.07, 6.45) is 2.99. The Hall–Kier alpha value is -0.900. The molecule has 112 valence electrons. The van der Waals surface area contributed by atoms with E-state index in [2.05, 4.69) is 49.9 Å². The van der Waals surface area contributed by atoms with Crippen molar-refractivity contribution < 1.29 is 15.6 Å². The normalized spacial score (nSPS) is 27.2. The van der Waals surface area contributed by atoms with Gasteiger partial charge in [-0.15, -0.1) is 0 Å². The van der Waals surface area contributed by atoms with Crippen LogP contribution >= 0.6 is 0 Å². The van der Waals surface area contributed by atoms with E-state index < -0.39 is 0 Å². The Morgan fingerprint density at radius 1 is 1.30 bits per heavy atom. The van der Waals surface area contributed by atoms with Crippen LogP contribution < -0.4 is 5.73 Å². The number of hydrogen-bond donors (Lipinski definition) is 2. The summed E-state index contributed by atoms with van der Waals surface area (Å²) in [6.45, 7) is 6.08. The smallest absolute Gasteiger partial charge is 0.0796 e. The average molecular weight is 278 g/mol. The molecule has 1 fully saturated rings. The van der Waals surface area contributed by atoms with Crippen molar-refractivity contribution in [1.29, 1.82) is 0 Å². The number of hydrogen-bond acceptors (Lipinski definition) is 2. The molecule has 2 atom stereocenters. The maximum Gasteiger partial charge on any atom is 0.0796 e. The van der Waals surface area contributed by atoms with E-state index in [9.17, 15) is 5.11 Å². The van der Waals surface area contributed by atoms with Crippen LogP contribution in [0.4, 0.5) is 0 Å². The highest BCUT2D eigenvalue weighted by molar-refractivity contribution is 5.18. The molecule has 1 aromatic carbocycles. The number of aliphatic hydroxyl groups is 1. The lowest BCUT2D eigenvalue weighted by Crippen LogP contribution is -2.60. The Bertz CT molecular complexity index is 414. The van der Waals surface area contributed by atoms with Gasteiger partial charge in [0.2, 0.25) is 0 Å². The minimum absolute atomic E-state index is 0.0968. The van der Waals surface area contributed by atoms with Crippen LogP contribution in [0.2, 0.25) is 0 Å². The fourth-order valence-corrected chi connectivity index (χ4v) is 3.76. The molecule has 1 aliphatic heterocycles.